The Morgan fingerprint density at radius 3 is 2.67 bits per heavy atom. The van der Waals surface area contributed by atoms with E-state index in [9.17, 15) is 19.4 Å². The number of carbonyl (C=O) groups excluding carboxylic acids is 1. The molecule has 5 N–H and O–H groups in total. The van der Waals surface area contributed by atoms with Gasteiger partial charge in [0.2, 0.25) is 5.91 Å². The van der Waals surface area contributed by atoms with Crippen molar-refractivity contribution in [3.63, 3.8) is 0 Å². The van der Waals surface area contributed by atoms with Crippen LogP contribution in [0.5, 0.6) is 0 Å². The Morgan fingerprint density at radius 2 is 2.04 bits per heavy atom. The van der Waals surface area contributed by atoms with Crippen LogP contribution in [0.15, 0.2) is 24.3 Å². The van der Waals surface area contributed by atoms with Crippen molar-refractivity contribution in [1.82, 2.24) is 10.6 Å². The molecule has 0 aromatic heterocycles. The highest BCUT2D eigenvalue weighted by Crippen LogP contribution is 2.36. The number of fused-ring (bicyclic) bond motifs is 1. The number of halogens is 1. The van der Waals surface area contributed by atoms with Crippen LogP contribution in [0.25, 0.3) is 0 Å². The summed E-state index contributed by atoms with van der Waals surface area (Å²) in [7, 11) is 4.00. The fourth-order valence-electron chi connectivity index (χ4n) is 3.81. The summed E-state index contributed by atoms with van der Waals surface area (Å²) in [6, 6.07) is 4.79. The Bertz CT molecular complexity index is 702. The quantitative estimate of drug-likeness (QED) is 0.379. The number of quaternary nitrogens is 1. The van der Waals surface area contributed by atoms with Crippen molar-refractivity contribution in [3.8, 4) is 0 Å². The molecule has 1 aromatic carbocycles. The van der Waals surface area contributed by atoms with Crippen molar-refractivity contribution in [3.05, 3.63) is 30.1 Å². The second-order valence-electron chi connectivity index (χ2n) is 7.46. The first-order chi connectivity index (χ1) is 12.8. The summed E-state index contributed by atoms with van der Waals surface area (Å²) in [4.78, 5) is 15.8. The van der Waals surface area contributed by atoms with E-state index in [2.05, 4.69) is 10.6 Å². The van der Waals surface area contributed by atoms with Gasteiger partial charge in [0.15, 0.2) is 5.11 Å². The van der Waals surface area contributed by atoms with Crippen LogP contribution in [-0.2, 0) is 4.79 Å². The van der Waals surface area contributed by atoms with Crippen molar-refractivity contribution >= 4 is 28.9 Å². The van der Waals surface area contributed by atoms with Crippen LogP contribution >= 0.6 is 12.2 Å². The van der Waals surface area contributed by atoms with Crippen LogP contribution in [0.1, 0.15) is 6.42 Å². The topological polar surface area (TPSA) is 89.3 Å². The number of nitrogens with zero attached hydrogens (tertiary/aromatic N) is 1. The number of aliphatic hydroxyl groups excluding tert-OH is 2. The van der Waals surface area contributed by atoms with Gasteiger partial charge in [0, 0.05) is 5.69 Å². The van der Waals surface area contributed by atoms with Crippen molar-refractivity contribution in [1.29, 1.82) is 0 Å². The van der Waals surface area contributed by atoms with Gasteiger partial charge in [-0.3, -0.25) is 4.79 Å². The molecule has 1 aromatic rings. The van der Waals surface area contributed by atoms with Gasteiger partial charge >= 0.3 is 0 Å². The van der Waals surface area contributed by atoms with E-state index < -0.39 is 30.2 Å². The molecule has 1 saturated carbocycles. The maximum absolute atomic E-state index is 13.3. The number of benzene rings is 1. The van der Waals surface area contributed by atoms with Gasteiger partial charge in [-0.25, -0.2) is 4.39 Å². The minimum absolute atomic E-state index is 0.130. The first-order valence-corrected chi connectivity index (χ1v) is 9.48. The highest BCUT2D eigenvalue weighted by Gasteiger charge is 2.53. The molecule has 1 amide bonds. The number of amides is 1. The van der Waals surface area contributed by atoms with Crippen molar-refractivity contribution in [2.24, 2.45) is 5.92 Å². The molecule has 3 rings (SSSR count). The van der Waals surface area contributed by atoms with E-state index in [0.717, 1.165) is 6.54 Å². The molecule has 0 spiro atoms. The predicted octanol–water partition coefficient (Wildman–Crippen LogP) is -1.74. The minimum Gasteiger partial charge on any atom is -0.390 e. The van der Waals surface area contributed by atoms with E-state index in [1.807, 2.05) is 14.1 Å². The number of likely N-dealkylation sites (N-methyl/N-ethyl adjacent to an activating group) is 1. The van der Waals surface area contributed by atoms with Gasteiger partial charge in [-0.2, -0.15) is 0 Å². The van der Waals surface area contributed by atoms with Gasteiger partial charge in [-0.1, -0.05) is 0 Å². The molecule has 148 valence electrons. The Morgan fingerprint density at radius 1 is 1.37 bits per heavy atom. The second-order valence-corrected chi connectivity index (χ2v) is 7.85. The number of carbonyl (C=O) groups is 1. The Kier molecular flexibility index (Phi) is 5.95. The second kappa shape index (κ2) is 8.05. The average Bonchev–Trinajstić information content (AvgIpc) is 2.96. The molecule has 9 heteroatoms. The van der Waals surface area contributed by atoms with Crippen molar-refractivity contribution in [2.45, 2.75) is 30.7 Å². The largest absolute Gasteiger partial charge is 0.390 e. The number of thiocarbonyl (C=S) groups is 1. The molecule has 5 atom stereocenters. The lowest BCUT2D eigenvalue weighted by atomic mass is 9.77. The van der Waals surface area contributed by atoms with Crippen molar-refractivity contribution < 1.29 is 24.3 Å². The summed E-state index contributed by atoms with van der Waals surface area (Å²) in [6.45, 7) is 1.29. The van der Waals surface area contributed by atoms with Crippen LogP contribution in [0.2, 0.25) is 0 Å². The van der Waals surface area contributed by atoms with E-state index in [1.165, 1.54) is 17.0 Å². The molecule has 2 fully saturated rings. The number of anilines is 1. The van der Waals surface area contributed by atoms with Gasteiger partial charge in [-0.15, -0.1) is 0 Å². The van der Waals surface area contributed by atoms with E-state index in [-0.39, 0.29) is 18.1 Å². The SMILES string of the molecule is C[NH+](C)CCNC(=O)[C@@H]1C[C@@H](O)[C@H](O)[C@@H]2NC(=S)N(c3ccc(F)cc3)[C@@H]21. The summed E-state index contributed by atoms with van der Waals surface area (Å²) in [6.07, 6.45) is -1.94. The maximum Gasteiger partial charge on any atom is 0.225 e. The number of hydrogen-bond acceptors (Lipinski definition) is 4. The van der Waals surface area contributed by atoms with Crippen LogP contribution in [0.3, 0.4) is 0 Å². The summed E-state index contributed by atoms with van der Waals surface area (Å²) < 4.78 is 13.3. The van der Waals surface area contributed by atoms with E-state index in [4.69, 9.17) is 12.2 Å². The molecule has 1 heterocycles. The first kappa shape index (κ1) is 19.9. The normalized spacial score (nSPS) is 30.2. The van der Waals surface area contributed by atoms with Crippen LogP contribution < -0.4 is 20.4 Å². The highest BCUT2D eigenvalue weighted by atomic mass is 32.1. The van der Waals surface area contributed by atoms with Crippen LogP contribution in [-0.4, -0.2) is 72.7 Å². The number of rotatable bonds is 5. The van der Waals surface area contributed by atoms with Crippen LogP contribution in [0, 0.1) is 11.7 Å². The average molecular weight is 397 g/mol. The molecule has 1 saturated heterocycles. The molecule has 1 aliphatic heterocycles. The fraction of sp³-hybridized carbons (Fsp3) is 0.556. The molecular weight excluding hydrogens is 371 g/mol. The standard InChI is InChI=1S/C18H25FN4O3S/c1-22(2)8-7-20-17(26)12-9-13(24)16(25)14-15(12)23(18(27)21-14)11-5-3-10(19)4-6-11/h3-6,12-16,24-25H,7-9H2,1-2H3,(H,20,26)(H,21,27)/p+1/t12-,13-,14-,15-,16+/m1/s1. The third-order valence-corrected chi connectivity index (χ3v) is 5.53. The zero-order valence-electron chi connectivity index (χ0n) is 15.4. The van der Waals surface area contributed by atoms with Gasteiger partial charge < -0.3 is 30.6 Å². The Labute approximate surface area is 163 Å². The molecular formula is C18H26FN4O3S+. The maximum atomic E-state index is 13.3. The van der Waals surface area contributed by atoms with Crippen molar-refractivity contribution in [2.75, 3.05) is 32.1 Å². The molecule has 0 unspecified atom stereocenters. The first-order valence-electron chi connectivity index (χ1n) is 9.07. The summed E-state index contributed by atoms with van der Waals surface area (Å²) >= 11 is 5.42. The fourth-order valence-corrected chi connectivity index (χ4v) is 4.17. The third-order valence-electron chi connectivity index (χ3n) is 5.21. The van der Waals surface area contributed by atoms with Gasteiger partial charge in [-0.05, 0) is 42.9 Å². The van der Waals surface area contributed by atoms with Gasteiger partial charge in [0.25, 0.3) is 0 Å². The Balaban J connectivity index is 1.87. The lowest BCUT2D eigenvalue weighted by Gasteiger charge is -2.41. The smallest absolute Gasteiger partial charge is 0.225 e. The number of hydrogen-bond donors (Lipinski definition) is 5. The monoisotopic (exact) mass is 397 g/mol. The summed E-state index contributed by atoms with van der Waals surface area (Å²) in [5.41, 5.74) is 0.639. The summed E-state index contributed by atoms with van der Waals surface area (Å²) in [5.74, 6) is -1.12. The predicted molar refractivity (Wildman–Crippen MR) is 103 cm³/mol. The lowest BCUT2D eigenvalue weighted by Crippen LogP contribution is -3.06. The van der Waals surface area contributed by atoms with E-state index in [0.29, 0.717) is 17.3 Å². The summed E-state index contributed by atoms with van der Waals surface area (Å²) in [5, 5.41) is 27.0. The van der Waals surface area contributed by atoms with E-state index >= 15 is 0 Å². The molecule has 2 aliphatic rings. The molecule has 7 nitrogen and oxygen atoms in total. The minimum atomic E-state index is -1.05. The molecule has 0 bridgehead atoms. The van der Waals surface area contributed by atoms with Gasteiger partial charge in [0.1, 0.15) is 11.9 Å². The Hall–Kier alpha value is -1.81. The zero-order chi connectivity index (χ0) is 19.7. The number of nitrogens with one attached hydrogen (secondary N) is 3. The molecule has 0 radical (unpaired) electrons. The number of aliphatic hydroxyl groups is 2. The zero-order valence-corrected chi connectivity index (χ0v) is 16.2. The highest BCUT2D eigenvalue weighted by molar-refractivity contribution is 7.80. The van der Waals surface area contributed by atoms with Gasteiger partial charge in [0.05, 0.1) is 51.3 Å². The molecule has 1 aliphatic carbocycles. The van der Waals surface area contributed by atoms with Crippen LogP contribution in [0.4, 0.5) is 10.1 Å². The van der Waals surface area contributed by atoms with E-state index in [1.54, 1.807) is 17.0 Å². The lowest BCUT2D eigenvalue weighted by molar-refractivity contribution is -0.856. The molecule has 27 heavy (non-hydrogen) atoms. The third kappa shape index (κ3) is 4.06.